The highest BCUT2D eigenvalue weighted by molar-refractivity contribution is 5.56. The number of halogens is 3. The topological polar surface area (TPSA) is 15.3 Å². The largest absolute Gasteiger partial charge is 0.355 e. The molecule has 1 aliphatic heterocycles. The monoisotopic (exact) mass is 316 g/mol. The van der Waals surface area contributed by atoms with Crippen molar-refractivity contribution in [2.24, 2.45) is 0 Å². The van der Waals surface area contributed by atoms with E-state index >= 15 is 0 Å². The lowest BCUT2D eigenvalue weighted by molar-refractivity contribution is -0.0365. The van der Waals surface area contributed by atoms with Gasteiger partial charge in [-0.2, -0.15) is 0 Å². The molecule has 126 valence electrons. The first kappa shape index (κ1) is 18.8. The predicted molar refractivity (Wildman–Crippen MR) is 86.2 cm³/mol. The summed E-state index contributed by atoms with van der Waals surface area (Å²) in [5, 5.41) is 2.92. The molecule has 1 N–H and O–H groups in total. The molecule has 1 unspecified atom stereocenters. The van der Waals surface area contributed by atoms with Crippen molar-refractivity contribution in [1.82, 2.24) is 5.32 Å². The Morgan fingerprint density at radius 3 is 2.36 bits per heavy atom. The number of aryl methyl sites for hydroxylation is 2. The van der Waals surface area contributed by atoms with Crippen LogP contribution in [0, 0.1) is 19.7 Å². The minimum atomic E-state index is -2.63. The van der Waals surface area contributed by atoms with Gasteiger partial charge in [-0.15, -0.1) is 0 Å². The van der Waals surface area contributed by atoms with Gasteiger partial charge in [-0.25, -0.2) is 13.2 Å². The van der Waals surface area contributed by atoms with Crippen molar-refractivity contribution in [3.05, 3.63) is 29.1 Å². The lowest BCUT2D eigenvalue weighted by Crippen LogP contribution is -2.53. The maximum Gasteiger partial charge on any atom is 0.253 e. The van der Waals surface area contributed by atoms with E-state index in [1.807, 2.05) is 4.90 Å². The minimum Gasteiger partial charge on any atom is -0.355 e. The summed E-state index contributed by atoms with van der Waals surface area (Å²) in [7, 11) is 1.67. The van der Waals surface area contributed by atoms with E-state index in [4.69, 9.17) is 0 Å². The van der Waals surface area contributed by atoms with Gasteiger partial charge in [0.05, 0.1) is 6.17 Å². The van der Waals surface area contributed by atoms with Gasteiger partial charge in [0.2, 0.25) is 0 Å². The summed E-state index contributed by atoms with van der Waals surface area (Å²) in [6, 6.07) is 3.20. The number of hydrogen-bond donors (Lipinski definition) is 1. The number of rotatable bonds is 2. The molecule has 2 rings (SSSR count). The molecule has 1 aliphatic rings. The first-order chi connectivity index (χ1) is 10.3. The first-order valence-corrected chi connectivity index (χ1v) is 7.84. The Bertz CT molecular complexity index is 489. The van der Waals surface area contributed by atoms with Crippen LogP contribution in [-0.2, 0) is 0 Å². The summed E-state index contributed by atoms with van der Waals surface area (Å²) in [5.74, 6) is -2.89. The van der Waals surface area contributed by atoms with Crippen LogP contribution in [0.5, 0.6) is 0 Å². The molecule has 0 saturated carbocycles. The summed E-state index contributed by atoms with van der Waals surface area (Å²) in [4.78, 5) is 1.90. The molecule has 0 bridgehead atoms. The van der Waals surface area contributed by atoms with Crippen LogP contribution in [0.2, 0.25) is 0 Å². The van der Waals surface area contributed by atoms with Gasteiger partial charge in [-0.1, -0.05) is 20.3 Å². The van der Waals surface area contributed by atoms with E-state index in [0.717, 1.165) is 11.3 Å². The third-order valence-corrected chi connectivity index (χ3v) is 3.71. The Morgan fingerprint density at radius 1 is 1.23 bits per heavy atom. The van der Waals surface area contributed by atoms with Gasteiger partial charge in [0, 0.05) is 25.1 Å². The molecular weight excluding hydrogens is 289 g/mol. The smallest absolute Gasteiger partial charge is 0.253 e. The standard InChI is InChI=1S/C14H19F3N2.C3H8/c1-9-7-12(10(2)6-11(9)15)19-5-4-14(16,17)8-13(19)18-3;1-3-2/h6-7,13,18H,4-5,8H2,1-3H3;3H2,1-2H3. The highest BCUT2D eigenvalue weighted by atomic mass is 19.3. The van der Waals surface area contributed by atoms with Crippen molar-refractivity contribution in [3.8, 4) is 0 Å². The van der Waals surface area contributed by atoms with Crippen molar-refractivity contribution < 1.29 is 13.2 Å². The molecular formula is C17H27F3N2. The van der Waals surface area contributed by atoms with Gasteiger partial charge in [0.1, 0.15) is 5.82 Å². The number of piperidine rings is 1. The van der Waals surface area contributed by atoms with E-state index in [1.54, 1.807) is 27.0 Å². The molecule has 0 amide bonds. The third kappa shape index (κ3) is 4.63. The van der Waals surface area contributed by atoms with Crippen LogP contribution in [0.1, 0.15) is 44.2 Å². The summed E-state index contributed by atoms with van der Waals surface area (Å²) in [6.45, 7) is 8.01. The zero-order valence-corrected chi connectivity index (χ0v) is 14.1. The molecule has 1 atom stereocenters. The number of nitrogens with one attached hydrogen (secondary N) is 1. The van der Waals surface area contributed by atoms with Gasteiger partial charge in [0.15, 0.2) is 0 Å². The number of hydrogen-bond acceptors (Lipinski definition) is 2. The molecule has 1 fully saturated rings. The SMILES string of the molecule is CCC.CNC1CC(F)(F)CCN1c1cc(C)c(F)cc1C. The van der Waals surface area contributed by atoms with Crippen molar-refractivity contribution >= 4 is 5.69 Å². The fraction of sp³-hybridized carbons (Fsp3) is 0.647. The molecule has 0 aliphatic carbocycles. The average molecular weight is 316 g/mol. The molecule has 22 heavy (non-hydrogen) atoms. The van der Waals surface area contributed by atoms with Gasteiger partial charge in [-0.3, -0.25) is 0 Å². The zero-order chi connectivity index (χ0) is 16.9. The van der Waals surface area contributed by atoms with Crippen molar-refractivity contribution in [2.75, 3.05) is 18.5 Å². The predicted octanol–water partition coefficient (Wildman–Crippen LogP) is 4.64. The molecule has 0 radical (unpaired) electrons. The second kappa shape index (κ2) is 7.86. The first-order valence-electron chi connectivity index (χ1n) is 7.84. The van der Waals surface area contributed by atoms with Gasteiger partial charge in [0.25, 0.3) is 5.92 Å². The molecule has 1 aromatic rings. The molecule has 5 heteroatoms. The number of benzene rings is 1. The molecule has 1 heterocycles. The van der Waals surface area contributed by atoms with E-state index in [-0.39, 0.29) is 25.2 Å². The summed E-state index contributed by atoms with van der Waals surface area (Å²) in [5.41, 5.74) is 2.13. The fourth-order valence-corrected chi connectivity index (χ4v) is 2.56. The quantitative estimate of drug-likeness (QED) is 0.855. The Hall–Kier alpha value is -1.23. The van der Waals surface area contributed by atoms with E-state index in [0.29, 0.717) is 5.56 Å². The molecule has 1 aromatic carbocycles. The average Bonchev–Trinajstić information content (AvgIpc) is 2.43. The summed E-state index contributed by atoms with van der Waals surface area (Å²) in [6.07, 6.45) is 0.438. The van der Waals surface area contributed by atoms with Gasteiger partial charge < -0.3 is 10.2 Å². The molecule has 1 saturated heterocycles. The van der Waals surface area contributed by atoms with Gasteiger partial charge in [-0.05, 0) is 44.2 Å². The van der Waals surface area contributed by atoms with E-state index in [9.17, 15) is 13.2 Å². The molecule has 2 nitrogen and oxygen atoms in total. The lowest BCUT2D eigenvalue weighted by atomic mass is 10.0. The maximum atomic E-state index is 13.5. The highest BCUT2D eigenvalue weighted by Crippen LogP contribution is 2.35. The van der Waals surface area contributed by atoms with Gasteiger partial charge >= 0.3 is 0 Å². The normalized spacial score (nSPS) is 20.4. The Morgan fingerprint density at radius 2 is 1.82 bits per heavy atom. The van der Waals surface area contributed by atoms with Crippen LogP contribution in [-0.4, -0.2) is 25.7 Å². The Balaban J connectivity index is 0.000000745. The van der Waals surface area contributed by atoms with Crippen LogP contribution in [0.3, 0.4) is 0 Å². The Labute approximate surface area is 131 Å². The van der Waals surface area contributed by atoms with Crippen LogP contribution < -0.4 is 10.2 Å². The van der Waals surface area contributed by atoms with Crippen molar-refractivity contribution in [1.29, 1.82) is 0 Å². The number of anilines is 1. The highest BCUT2D eigenvalue weighted by Gasteiger charge is 2.40. The zero-order valence-electron chi connectivity index (χ0n) is 14.1. The second-order valence-corrected chi connectivity index (χ2v) is 5.90. The Kier molecular flexibility index (Phi) is 6.72. The summed E-state index contributed by atoms with van der Waals surface area (Å²) >= 11 is 0. The van der Waals surface area contributed by atoms with Crippen molar-refractivity contribution in [2.45, 2.75) is 59.0 Å². The molecule has 0 spiro atoms. The van der Waals surface area contributed by atoms with Crippen LogP contribution in [0.25, 0.3) is 0 Å². The van der Waals surface area contributed by atoms with Crippen LogP contribution in [0.4, 0.5) is 18.9 Å². The van der Waals surface area contributed by atoms with E-state index < -0.39 is 12.1 Å². The molecule has 0 aromatic heterocycles. The third-order valence-electron chi connectivity index (χ3n) is 3.71. The van der Waals surface area contributed by atoms with E-state index in [2.05, 4.69) is 19.2 Å². The fourth-order valence-electron chi connectivity index (χ4n) is 2.56. The van der Waals surface area contributed by atoms with Crippen LogP contribution >= 0.6 is 0 Å². The number of alkyl halides is 2. The maximum absolute atomic E-state index is 13.5. The second-order valence-electron chi connectivity index (χ2n) is 5.90. The van der Waals surface area contributed by atoms with E-state index in [1.165, 1.54) is 12.5 Å². The van der Waals surface area contributed by atoms with Crippen LogP contribution in [0.15, 0.2) is 12.1 Å². The van der Waals surface area contributed by atoms with Crippen molar-refractivity contribution in [3.63, 3.8) is 0 Å². The summed E-state index contributed by atoms with van der Waals surface area (Å²) < 4.78 is 40.4. The lowest BCUT2D eigenvalue weighted by Gasteiger charge is -2.41. The number of nitrogens with zero attached hydrogens (tertiary/aromatic N) is 1. The minimum absolute atomic E-state index is 0.166.